The summed E-state index contributed by atoms with van der Waals surface area (Å²) in [6, 6.07) is 5.08. The van der Waals surface area contributed by atoms with Crippen molar-refractivity contribution in [3.63, 3.8) is 0 Å². The van der Waals surface area contributed by atoms with E-state index >= 15 is 0 Å². The number of urea groups is 1. The van der Waals surface area contributed by atoms with E-state index in [0.717, 1.165) is 5.56 Å². The summed E-state index contributed by atoms with van der Waals surface area (Å²) in [5, 5.41) is 9.43. The van der Waals surface area contributed by atoms with Gasteiger partial charge in [0.1, 0.15) is 6.61 Å². The van der Waals surface area contributed by atoms with E-state index < -0.39 is 0 Å². The first-order valence-electron chi connectivity index (χ1n) is 9.20. The highest BCUT2D eigenvalue weighted by atomic mass is 16.5. The molecule has 28 heavy (non-hydrogen) atoms. The first-order chi connectivity index (χ1) is 13.3. The van der Waals surface area contributed by atoms with Crippen LogP contribution >= 0.6 is 0 Å². The van der Waals surface area contributed by atoms with Gasteiger partial charge in [0.05, 0.1) is 19.2 Å². The highest BCUT2D eigenvalue weighted by molar-refractivity contribution is 5.96. The number of nitrogens with zero attached hydrogens (tertiary/aromatic N) is 3. The van der Waals surface area contributed by atoms with Crippen molar-refractivity contribution in [2.75, 3.05) is 18.4 Å². The normalized spacial score (nSPS) is 14.1. The van der Waals surface area contributed by atoms with Crippen LogP contribution in [0.2, 0.25) is 0 Å². The van der Waals surface area contributed by atoms with E-state index in [0.29, 0.717) is 36.1 Å². The molecule has 1 aliphatic heterocycles. The Labute approximate surface area is 163 Å². The molecule has 0 atom stereocenters. The Morgan fingerprint density at radius 2 is 2.07 bits per heavy atom. The maximum Gasteiger partial charge on any atom is 0.322 e. The molecule has 2 N–H and O–H groups in total. The van der Waals surface area contributed by atoms with E-state index in [-0.39, 0.29) is 30.7 Å². The molecule has 1 aromatic heterocycles. The molecular weight excluding hydrogens is 362 g/mol. The topological polar surface area (TPSA) is 110 Å². The number of amides is 3. The standard InChI is InChI=1S/C19H25N5O4/c1-11(2)20-18(25)14-5-6-16(12(3)7-14)22-19(26)24-8-15(9-24)27-10-17-21-13(4)23-28-17/h5-7,11,15H,8-10H2,1-4H3,(H,20,25)(H,22,26). The van der Waals surface area contributed by atoms with Gasteiger partial charge in [0.25, 0.3) is 11.8 Å². The van der Waals surface area contributed by atoms with Gasteiger partial charge in [0, 0.05) is 17.3 Å². The van der Waals surface area contributed by atoms with Gasteiger partial charge in [-0.2, -0.15) is 4.98 Å². The highest BCUT2D eigenvalue weighted by Crippen LogP contribution is 2.20. The second-order valence-corrected chi connectivity index (χ2v) is 7.16. The van der Waals surface area contributed by atoms with Gasteiger partial charge in [-0.1, -0.05) is 5.16 Å². The molecule has 0 saturated carbocycles. The number of ether oxygens (including phenoxy) is 1. The van der Waals surface area contributed by atoms with Gasteiger partial charge in [0.2, 0.25) is 0 Å². The van der Waals surface area contributed by atoms with Crippen LogP contribution in [0, 0.1) is 13.8 Å². The number of anilines is 1. The molecule has 0 bridgehead atoms. The number of hydrogen-bond acceptors (Lipinski definition) is 6. The Balaban J connectivity index is 1.47. The smallest absolute Gasteiger partial charge is 0.322 e. The van der Waals surface area contributed by atoms with Gasteiger partial charge < -0.3 is 24.8 Å². The molecule has 1 aliphatic rings. The summed E-state index contributed by atoms with van der Waals surface area (Å²) in [4.78, 5) is 30.2. The van der Waals surface area contributed by atoms with Gasteiger partial charge in [-0.3, -0.25) is 4.79 Å². The van der Waals surface area contributed by atoms with Crippen LogP contribution in [0.1, 0.15) is 41.5 Å². The Bertz CT molecular complexity index is 858. The van der Waals surface area contributed by atoms with E-state index in [1.54, 1.807) is 30.0 Å². The molecule has 9 nitrogen and oxygen atoms in total. The van der Waals surface area contributed by atoms with Gasteiger partial charge in [-0.25, -0.2) is 4.79 Å². The molecule has 3 rings (SSSR count). The van der Waals surface area contributed by atoms with Crippen molar-refractivity contribution in [1.82, 2.24) is 20.4 Å². The average Bonchev–Trinajstić information content (AvgIpc) is 3.00. The number of rotatable bonds is 6. The zero-order valence-electron chi connectivity index (χ0n) is 16.5. The van der Waals surface area contributed by atoms with Crippen LogP contribution in [0.3, 0.4) is 0 Å². The van der Waals surface area contributed by atoms with Crippen molar-refractivity contribution in [2.24, 2.45) is 0 Å². The number of likely N-dealkylation sites (tertiary alicyclic amines) is 1. The summed E-state index contributed by atoms with van der Waals surface area (Å²) in [7, 11) is 0. The van der Waals surface area contributed by atoms with E-state index in [4.69, 9.17) is 9.26 Å². The molecule has 150 valence electrons. The van der Waals surface area contributed by atoms with Gasteiger partial charge in [0.15, 0.2) is 5.82 Å². The lowest BCUT2D eigenvalue weighted by atomic mass is 10.1. The van der Waals surface area contributed by atoms with E-state index in [1.165, 1.54) is 0 Å². The summed E-state index contributed by atoms with van der Waals surface area (Å²) < 4.78 is 10.6. The third kappa shape index (κ3) is 4.86. The molecule has 0 unspecified atom stereocenters. The second-order valence-electron chi connectivity index (χ2n) is 7.16. The minimum atomic E-state index is -0.198. The lowest BCUT2D eigenvalue weighted by molar-refractivity contribution is -0.0496. The first kappa shape index (κ1) is 19.8. The fraction of sp³-hybridized carbons (Fsp3) is 0.474. The molecule has 1 aromatic carbocycles. The maximum atomic E-state index is 12.4. The molecule has 2 aromatic rings. The number of hydrogen-bond donors (Lipinski definition) is 2. The maximum absolute atomic E-state index is 12.4. The number of carbonyl (C=O) groups is 2. The lowest BCUT2D eigenvalue weighted by Gasteiger charge is -2.38. The van der Waals surface area contributed by atoms with E-state index in [1.807, 2.05) is 20.8 Å². The van der Waals surface area contributed by atoms with Crippen LogP contribution in [-0.4, -0.2) is 52.2 Å². The summed E-state index contributed by atoms with van der Waals surface area (Å²) in [6.07, 6.45) is -0.0545. The number of nitrogens with one attached hydrogen (secondary N) is 2. The molecule has 9 heteroatoms. The minimum absolute atomic E-state index is 0.0545. The molecule has 2 heterocycles. The van der Waals surface area contributed by atoms with Crippen LogP contribution in [0.25, 0.3) is 0 Å². The lowest BCUT2D eigenvalue weighted by Crippen LogP contribution is -2.56. The first-order valence-corrected chi connectivity index (χ1v) is 9.20. The SMILES string of the molecule is Cc1noc(COC2CN(C(=O)Nc3ccc(C(=O)NC(C)C)cc3C)C2)n1. The largest absolute Gasteiger partial charge is 0.365 e. The van der Waals surface area contributed by atoms with Crippen LogP contribution < -0.4 is 10.6 Å². The monoisotopic (exact) mass is 387 g/mol. The van der Waals surface area contributed by atoms with Crippen molar-refractivity contribution in [3.05, 3.63) is 41.0 Å². The van der Waals surface area contributed by atoms with Crippen LogP contribution in [0.5, 0.6) is 0 Å². The Kier molecular flexibility index (Phi) is 5.93. The fourth-order valence-electron chi connectivity index (χ4n) is 2.78. The summed E-state index contributed by atoms with van der Waals surface area (Å²) in [6.45, 7) is 8.64. The third-order valence-electron chi connectivity index (χ3n) is 4.30. The molecular formula is C19H25N5O4. The molecule has 1 fully saturated rings. The van der Waals surface area contributed by atoms with E-state index in [9.17, 15) is 9.59 Å². The average molecular weight is 387 g/mol. The number of aryl methyl sites for hydroxylation is 2. The van der Waals surface area contributed by atoms with Crippen molar-refractivity contribution >= 4 is 17.6 Å². The third-order valence-corrected chi connectivity index (χ3v) is 4.30. The van der Waals surface area contributed by atoms with Gasteiger partial charge >= 0.3 is 6.03 Å². The zero-order chi connectivity index (χ0) is 20.3. The molecule has 0 aliphatic carbocycles. The Morgan fingerprint density at radius 1 is 1.32 bits per heavy atom. The Hall–Kier alpha value is -2.94. The summed E-state index contributed by atoms with van der Waals surface area (Å²) >= 11 is 0. The fourth-order valence-corrected chi connectivity index (χ4v) is 2.78. The van der Waals surface area contributed by atoms with Crippen molar-refractivity contribution in [2.45, 2.75) is 46.4 Å². The zero-order valence-corrected chi connectivity index (χ0v) is 16.5. The second kappa shape index (κ2) is 8.39. The predicted molar refractivity (Wildman–Crippen MR) is 102 cm³/mol. The number of carbonyl (C=O) groups excluding carboxylic acids is 2. The quantitative estimate of drug-likeness (QED) is 0.787. The highest BCUT2D eigenvalue weighted by Gasteiger charge is 2.32. The molecule has 0 spiro atoms. The van der Waals surface area contributed by atoms with E-state index in [2.05, 4.69) is 20.8 Å². The summed E-state index contributed by atoms with van der Waals surface area (Å²) in [5.74, 6) is 0.865. The summed E-state index contributed by atoms with van der Waals surface area (Å²) in [5.41, 5.74) is 2.07. The molecule has 3 amide bonds. The number of aromatic nitrogens is 2. The van der Waals surface area contributed by atoms with Gasteiger partial charge in [-0.05, 0) is 51.5 Å². The predicted octanol–water partition coefficient (Wildman–Crippen LogP) is 2.26. The minimum Gasteiger partial charge on any atom is -0.365 e. The Morgan fingerprint density at radius 3 is 2.68 bits per heavy atom. The molecule has 0 radical (unpaired) electrons. The van der Waals surface area contributed by atoms with Crippen LogP contribution in [0.15, 0.2) is 22.7 Å². The van der Waals surface area contributed by atoms with Crippen molar-refractivity contribution < 1.29 is 18.8 Å². The van der Waals surface area contributed by atoms with Gasteiger partial charge in [-0.15, -0.1) is 0 Å². The van der Waals surface area contributed by atoms with Crippen LogP contribution in [-0.2, 0) is 11.3 Å². The van der Waals surface area contributed by atoms with Crippen molar-refractivity contribution in [1.29, 1.82) is 0 Å². The van der Waals surface area contributed by atoms with Crippen LogP contribution in [0.4, 0.5) is 10.5 Å². The van der Waals surface area contributed by atoms with Crippen molar-refractivity contribution in [3.8, 4) is 0 Å². The number of benzene rings is 1. The molecule has 1 saturated heterocycles.